The van der Waals surface area contributed by atoms with E-state index in [0.29, 0.717) is 6.42 Å². The van der Waals surface area contributed by atoms with Crippen LogP contribution in [0.5, 0.6) is 5.75 Å². The Morgan fingerprint density at radius 2 is 2.29 bits per heavy atom. The number of halogens is 1. The third-order valence-corrected chi connectivity index (χ3v) is 3.78. The van der Waals surface area contributed by atoms with Gasteiger partial charge in [0.2, 0.25) is 0 Å². The van der Waals surface area contributed by atoms with Gasteiger partial charge < -0.3 is 4.74 Å². The van der Waals surface area contributed by atoms with E-state index in [1.807, 2.05) is 22.9 Å². The van der Waals surface area contributed by atoms with E-state index in [1.54, 1.807) is 13.4 Å². The van der Waals surface area contributed by atoms with Crippen LogP contribution in [-0.2, 0) is 13.0 Å². The molecule has 0 amide bonds. The number of hydrogen-bond donors (Lipinski definition) is 2. The van der Waals surface area contributed by atoms with Crippen molar-refractivity contribution < 1.29 is 4.74 Å². The Morgan fingerprint density at radius 3 is 2.95 bits per heavy atom. The van der Waals surface area contributed by atoms with E-state index in [0.717, 1.165) is 34.6 Å². The van der Waals surface area contributed by atoms with Crippen LogP contribution in [0.2, 0.25) is 0 Å². The largest absolute Gasteiger partial charge is 0.496 e. The maximum atomic E-state index is 5.73. The second-order valence-corrected chi connectivity index (χ2v) is 5.62. The SMILES string of the molecule is CCCn1ncnc1CC(NN)c1ccc(Br)cc1OC. The molecule has 7 heteroatoms. The summed E-state index contributed by atoms with van der Waals surface area (Å²) < 4.78 is 8.32. The minimum absolute atomic E-state index is 0.0899. The normalized spacial score (nSPS) is 12.4. The highest BCUT2D eigenvalue weighted by molar-refractivity contribution is 9.10. The fourth-order valence-electron chi connectivity index (χ4n) is 2.26. The smallest absolute Gasteiger partial charge is 0.138 e. The maximum Gasteiger partial charge on any atom is 0.138 e. The van der Waals surface area contributed by atoms with Gasteiger partial charge in [-0.1, -0.05) is 28.9 Å². The van der Waals surface area contributed by atoms with E-state index in [9.17, 15) is 0 Å². The molecule has 1 unspecified atom stereocenters. The second-order valence-electron chi connectivity index (χ2n) is 4.71. The van der Waals surface area contributed by atoms with Gasteiger partial charge in [-0.15, -0.1) is 0 Å². The monoisotopic (exact) mass is 353 g/mol. The number of nitrogens with one attached hydrogen (secondary N) is 1. The molecular formula is C14H20BrN5O. The van der Waals surface area contributed by atoms with Gasteiger partial charge in [0.15, 0.2) is 0 Å². The summed E-state index contributed by atoms with van der Waals surface area (Å²) in [5, 5.41) is 4.24. The minimum atomic E-state index is -0.0899. The van der Waals surface area contributed by atoms with E-state index in [1.165, 1.54) is 0 Å². The van der Waals surface area contributed by atoms with Gasteiger partial charge in [-0.2, -0.15) is 5.10 Å². The fourth-order valence-corrected chi connectivity index (χ4v) is 2.60. The number of aromatic nitrogens is 3. The van der Waals surface area contributed by atoms with Gasteiger partial charge in [0.05, 0.1) is 13.2 Å². The number of nitrogens with two attached hydrogens (primary N) is 1. The summed E-state index contributed by atoms with van der Waals surface area (Å²) in [5.41, 5.74) is 3.84. The Labute approximate surface area is 132 Å². The average molecular weight is 354 g/mol. The molecule has 0 spiro atoms. The lowest BCUT2D eigenvalue weighted by molar-refractivity contribution is 0.396. The Balaban J connectivity index is 2.25. The van der Waals surface area contributed by atoms with Crippen LogP contribution in [0, 0.1) is 0 Å². The van der Waals surface area contributed by atoms with Crippen LogP contribution in [-0.4, -0.2) is 21.9 Å². The van der Waals surface area contributed by atoms with Crippen molar-refractivity contribution in [2.75, 3.05) is 7.11 Å². The molecule has 0 saturated heterocycles. The Morgan fingerprint density at radius 1 is 1.48 bits per heavy atom. The highest BCUT2D eigenvalue weighted by atomic mass is 79.9. The quantitative estimate of drug-likeness (QED) is 0.589. The second kappa shape index (κ2) is 7.53. The zero-order valence-electron chi connectivity index (χ0n) is 12.2. The molecule has 0 aliphatic carbocycles. The van der Waals surface area contributed by atoms with Crippen LogP contribution in [0.25, 0.3) is 0 Å². The summed E-state index contributed by atoms with van der Waals surface area (Å²) in [4.78, 5) is 4.33. The van der Waals surface area contributed by atoms with Gasteiger partial charge in [0, 0.05) is 23.0 Å². The average Bonchev–Trinajstić information content (AvgIpc) is 2.92. The molecule has 0 fully saturated rings. The molecule has 1 aromatic heterocycles. The van der Waals surface area contributed by atoms with Crippen LogP contribution >= 0.6 is 15.9 Å². The van der Waals surface area contributed by atoms with Crippen molar-refractivity contribution in [2.45, 2.75) is 32.4 Å². The summed E-state index contributed by atoms with van der Waals surface area (Å²) in [5.74, 6) is 7.43. The summed E-state index contributed by atoms with van der Waals surface area (Å²) in [7, 11) is 1.65. The zero-order valence-corrected chi connectivity index (χ0v) is 13.8. The highest BCUT2D eigenvalue weighted by Crippen LogP contribution is 2.29. The van der Waals surface area contributed by atoms with Gasteiger partial charge in [0.25, 0.3) is 0 Å². The van der Waals surface area contributed by atoms with Crippen LogP contribution in [0.15, 0.2) is 29.0 Å². The van der Waals surface area contributed by atoms with E-state index < -0.39 is 0 Å². The van der Waals surface area contributed by atoms with Crippen LogP contribution in [0.3, 0.4) is 0 Å². The molecule has 0 saturated carbocycles. The first-order valence-corrected chi connectivity index (χ1v) is 7.65. The Bertz CT molecular complexity index is 586. The van der Waals surface area contributed by atoms with E-state index >= 15 is 0 Å². The van der Waals surface area contributed by atoms with Crippen molar-refractivity contribution in [1.29, 1.82) is 0 Å². The highest BCUT2D eigenvalue weighted by Gasteiger charge is 2.18. The lowest BCUT2D eigenvalue weighted by Gasteiger charge is -2.19. The number of aryl methyl sites for hydroxylation is 1. The van der Waals surface area contributed by atoms with E-state index in [-0.39, 0.29) is 6.04 Å². The van der Waals surface area contributed by atoms with Gasteiger partial charge in [-0.25, -0.2) is 4.98 Å². The molecule has 1 heterocycles. The van der Waals surface area contributed by atoms with Crippen molar-refractivity contribution in [3.8, 4) is 5.75 Å². The number of ether oxygens (including phenoxy) is 1. The molecule has 1 atom stereocenters. The molecular weight excluding hydrogens is 334 g/mol. The van der Waals surface area contributed by atoms with Crippen molar-refractivity contribution >= 4 is 15.9 Å². The molecule has 2 aromatic rings. The third-order valence-electron chi connectivity index (χ3n) is 3.29. The summed E-state index contributed by atoms with van der Waals surface area (Å²) in [6.07, 6.45) is 3.24. The molecule has 114 valence electrons. The number of rotatable bonds is 7. The van der Waals surface area contributed by atoms with Crippen LogP contribution in [0.4, 0.5) is 0 Å². The standard InChI is InChI=1S/C14H20BrN5O/c1-3-6-20-14(17-9-18-20)8-12(19-16)11-5-4-10(15)7-13(11)21-2/h4-5,7,9,12,19H,3,6,8,16H2,1-2H3. The molecule has 0 bridgehead atoms. The van der Waals surface area contributed by atoms with Gasteiger partial charge in [-0.05, 0) is 18.6 Å². The minimum Gasteiger partial charge on any atom is -0.496 e. The predicted molar refractivity (Wildman–Crippen MR) is 84.8 cm³/mol. The third kappa shape index (κ3) is 3.81. The molecule has 0 aliphatic heterocycles. The number of benzene rings is 1. The molecule has 0 radical (unpaired) electrons. The topological polar surface area (TPSA) is 78.0 Å². The van der Waals surface area contributed by atoms with Crippen molar-refractivity contribution in [2.24, 2.45) is 5.84 Å². The van der Waals surface area contributed by atoms with E-state index in [2.05, 4.69) is 38.4 Å². The summed E-state index contributed by atoms with van der Waals surface area (Å²) >= 11 is 3.44. The molecule has 3 N–H and O–H groups in total. The van der Waals surface area contributed by atoms with Crippen LogP contribution < -0.4 is 16.0 Å². The number of hydrogen-bond acceptors (Lipinski definition) is 5. The first kappa shape index (κ1) is 15.9. The van der Waals surface area contributed by atoms with Crippen molar-refractivity contribution in [3.63, 3.8) is 0 Å². The first-order valence-electron chi connectivity index (χ1n) is 6.85. The van der Waals surface area contributed by atoms with E-state index in [4.69, 9.17) is 10.6 Å². The first-order chi connectivity index (χ1) is 10.2. The molecule has 6 nitrogen and oxygen atoms in total. The summed E-state index contributed by atoms with van der Waals surface area (Å²) in [6.45, 7) is 2.96. The Hall–Kier alpha value is -1.44. The predicted octanol–water partition coefficient (Wildman–Crippen LogP) is 2.21. The molecule has 21 heavy (non-hydrogen) atoms. The van der Waals surface area contributed by atoms with Gasteiger partial charge >= 0.3 is 0 Å². The Kier molecular flexibility index (Phi) is 5.72. The summed E-state index contributed by atoms with van der Waals surface area (Å²) in [6, 6.07) is 5.80. The maximum absolute atomic E-state index is 5.73. The lowest BCUT2D eigenvalue weighted by atomic mass is 10.0. The van der Waals surface area contributed by atoms with Crippen LogP contribution in [0.1, 0.15) is 30.8 Å². The van der Waals surface area contributed by atoms with Gasteiger partial charge in [-0.3, -0.25) is 16.0 Å². The molecule has 2 rings (SSSR count). The van der Waals surface area contributed by atoms with Crippen molar-refractivity contribution in [1.82, 2.24) is 20.2 Å². The number of hydrazine groups is 1. The van der Waals surface area contributed by atoms with Crippen molar-refractivity contribution in [3.05, 3.63) is 40.4 Å². The molecule has 0 aliphatic rings. The lowest BCUT2D eigenvalue weighted by Crippen LogP contribution is -2.30. The number of nitrogens with zero attached hydrogens (tertiary/aromatic N) is 3. The number of methoxy groups -OCH3 is 1. The zero-order chi connectivity index (χ0) is 15.2. The van der Waals surface area contributed by atoms with Gasteiger partial charge in [0.1, 0.15) is 17.9 Å². The molecule has 1 aromatic carbocycles. The fraction of sp³-hybridized carbons (Fsp3) is 0.429.